The van der Waals surface area contributed by atoms with Gasteiger partial charge in [0.25, 0.3) is 20.1 Å². The second-order valence-electron chi connectivity index (χ2n) is 12.8. The minimum atomic E-state index is -4.13. The number of aryl methyl sites for hydroxylation is 2. The molecule has 4 atom stereocenters. The maximum atomic E-state index is 14.1. The molecule has 1 aromatic heterocycles. The molecule has 1 heterocycles. The first-order chi connectivity index (χ1) is 19.7. The normalized spacial score (nSPS) is 25.2. The third-order valence-corrected chi connectivity index (χ3v) is 12.8. The Balaban J connectivity index is 1.58. The molecule has 1 fully saturated rings. The zero-order chi connectivity index (χ0) is 30.2. The first-order valence-corrected chi connectivity index (χ1v) is 17.2. The number of hydrogen-bond donors (Lipinski definition) is 0. The van der Waals surface area contributed by atoms with Gasteiger partial charge in [-0.3, -0.25) is 4.18 Å². The lowest BCUT2D eigenvalue weighted by atomic mass is 9.52. The first kappa shape index (κ1) is 28.9. The van der Waals surface area contributed by atoms with Crippen molar-refractivity contribution in [3.63, 3.8) is 0 Å². The highest BCUT2D eigenvalue weighted by molar-refractivity contribution is 7.90. The molecule has 2 aliphatic carbocycles. The van der Waals surface area contributed by atoms with Crippen molar-refractivity contribution in [2.24, 2.45) is 11.3 Å². The van der Waals surface area contributed by atoms with Gasteiger partial charge in [-0.05, 0) is 79.5 Å². The van der Waals surface area contributed by atoms with Crippen LogP contribution in [-0.4, -0.2) is 26.9 Å². The molecule has 0 spiro atoms. The zero-order valence-electron chi connectivity index (χ0n) is 24.7. The van der Waals surface area contributed by atoms with Crippen LogP contribution >= 0.6 is 0 Å². The lowest BCUT2D eigenvalue weighted by molar-refractivity contribution is -0.00905. The molecule has 4 aromatic rings. The Morgan fingerprint density at radius 3 is 2.07 bits per heavy atom. The molecule has 42 heavy (non-hydrogen) atoms. The van der Waals surface area contributed by atoms with E-state index in [2.05, 4.69) is 26.5 Å². The van der Waals surface area contributed by atoms with E-state index in [1.165, 1.54) is 3.97 Å². The van der Waals surface area contributed by atoms with Crippen LogP contribution in [-0.2, 0) is 29.7 Å². The summed E-state index contributed by atoms with van der Waals surface area (Å²) in [4.78, 5) is 0.299. The summed E-state index contributed by atoms with van der Waals surface area (Å²) in [6, 6.07) is 19.3. The predicted molar refractivity (Wildman–Crippen MR) is 166 cm³/mol. The van der Waals surface area contributed by atoms with E-state index in [0.717, 1.165) is 34.1 Å². The standard InChI is InChI=1S/C34H37NO5S2/c1-7-34(6)20-19-28-31(32(34)40-42(38,39)25-17-13-23(3)14-18-25)26-21-35(41(36,37)24-15-11-22(2)12-16-24)29-10-8-9-27(30(26)29)33(28,4)5/h7-18,21,28,31-32H,1,19-20H2,2-6H3/t28-,31-,32+,34+/m1/s1. The summed E-state index contributed by atoms with van der Waals surface area (Å²) in [5.41, 5.74) is 3.35. The summed E-state index contributed by atoms with van der Waals surface area (Å²) in [5.74, 6) is -0.372. The van der Waals surface area contributed by atoms with Crippen LogP contribution in [0.3, 0.4) is 0 Å². The maximum Gasteiger partial charge on any atom is 0.297 e. The Morgan fingerprint density at radius 1 is 0.881 bits per heavy atom. The van der Waals surface area contributed by atoms with Crippen LogP contribution in [0, 0.1) is 25.2 Å². The highest BCUT2D eigenvalue weighted by Crippen LogP contribution is 2.60. The van der Waals surface area contributed by atoms with Gasteiger partial charge in [0.1, 0.15) is 0 Å². The van der Waals surface area contributed by atoms with Gasteiger partial charge in [-0.25, -0.2) is 12.4 Å². The Bertz CT molecular complexity index is 1920. The van der Waals surface area contributed by atoms with E-state index in [-0.39, 0.29) is 27.0 Å². The summed E-state index contributed by atoms with van der Waals surface area (Å²) in [6.07, 6.45) is 4.25. The van der Waals surface area contributed by atoms with Crippen molar-refractivity contribution >= 4 is 31.0 Å². The van der Waals surface area contributed by atoms with Crippen molar-refractivity contribution < 1.29 is 21.0 Å². The maximum absolute atomic E-state index is 14.1. The van der Waals surface area contributed by atoms with Gasteiger partial charge in [-0.15, -0.1) is 6.58 Å². The predicted octanol–water partition coefficient (Wildman–Crippen LogP) is 7.25. The second kappa shape index (κ2) is 9.66. The van der Waals surface area contributed by atoms with Crippen LogP contribution in [0.5, 0.6) is 0 Å². The average Bonchev–Trinajstić information content (AvgIpc) is 3.34. The molecule has 1 saturated carbocycles. The van der Waals surface area contributed by atoms with Crippen LogP contribution in [0.15, 0.2) is 95.4 Å². The van der Waals surface area contributed by atoms with Gasteiger partial charge in [0.15, 0.2) is 0 Å². The van der Waals surface area contributed by atoms with Crippen molar-refractivity contribution in [1.82, 2.24) is 3.97 Å². The number of fused-ring (bicyclic) bond motifs is 2. The van der Waals surface area contributed by atoms with Gasteiger partial charge in [0.2, 0.25) is 0 Å². The lowest BCUT2D eigenvalue weighted by Crippen LogP contribution is -2.52. The SMILES string of the molecule is C=C[C@@]1(C)CC[C@@H]2[C@@H](c3cn(S(=O)(=O)c4ccc(C)cc4)c4cccc(c34)C2(C)C)[C@@H]1OS(=O)(=O)c1ccc(C)cc1. The van der Waals surface area contributed by atoms with E-state index in [4.69, 9.17) is 4.18 Å². The fraction of sp³-hybridized carbons (Fsp3) is 0.353. The average molecular weight is 604 g/mol. The summed E-state index contributed by atoms with van der Waals surface area (Å²) in [6.45, 7) is 14.3. The van der Waals surface area contributed by atoms with Crippen LogP contribution in [0.1, 0.15) is 61.8 Å². The quantitative estimate of drug-likeness (QED) is 0.171. The highest BCUT2D eigenvalue weighted by atomic mass is 32.2. The largest absolute Gasteiger partial charge is 0.297 e. The van der Waals surface area contributed by atoms with E-state index in [9.17, 15) is 16.8 Å². The number of benzene rings is 3. The molecular weight excluding hydrogens is 567 g/mol. The minimum absolute atomic E-state index is 0.0137. The number of hydrogen-bond acceptors (Lipinski definition) is 5. The molecule has 8 heteroatoms. The molecule has 6 rings (SSSR count). The number of aromatic nitrogens is 1. The zero-order valence-corrected chi connectivity index (χ0v) is 26.3. The Kier molecular flexibility index (Phi) is 6.65. The van der Waals surface area contributed by atoms with E-state index in [0.29, 0.717) is 11.9 Å². The first-order valence-electron chi connectivity index (χ1n) is 14.3. The van der Waals surface area contributed by atoms with Gasteiger partial charge >= 0.3 is 0 Å². The smallest absolute Gasteiger partial charge is 0.261 e. The Hall–Kier alpha value is -3.20. The molecule has 0 unspecified atom stereocenters. The second-order valence-corrected chi connectivity index (χ2v) is 16.2. The summed E-state index contributed by atoms with van der Waals surface area (Å²) in [7, 11) is -8.07. The molecule has 6 nitrogen and oxygen atoms in total. The molecular formula is C34H37NO5S2. The monoisotopic (exact) mass is 603 g/mol. The fourth-order valence-electron chi connectivity index (χ4n) is 7.18. The van der Waals surface area contributed by atoms with Crippen molar-refractivity contribution in [3.05, 3.63) is 108 Å². The molecule has 3 aromatic carbocycles. The van der Waals surface area contributed by atoms with Gasteiger partial charge in [-0.2, -0.15) is 8.42 Å². The molecule has 0 amide bonds. The van der Waals surface area contributed by atoms with Crippen LogP contribution in [0.4, 0.5) is 0 Å². The molecule has 0 aliphatic heterocycles. The molecule has 0 bridgehead atoms. The van der Waals surface area contributed by atoms with Gasteiger partial charge in [-0.1, -0.05) is 74.4 Å². The van der Waals surface area contributed by atoms with E-state index in [1.807, 2.05) is 39.0 Å². The van der Waals surface area contributed by atoms with E-state index < -0.39 is 31.7 Å². The van der Waals surface area contributed by atoms with Crippen LogP contribution in [0.25, 0.3) is 10.9 Å². The Labute approximate surface area is 249 Å². The summed E-state index contributed by atoms with van der Waals surface area (Å²) in [5, 5.41) is 0.856. The van der Waals surface area contributed by atoms with Crippen molar-refractivity contribution in [2.45, 2.75) is 74.7 Å². The number of nitrogens with zero attached hydrogens (tertiary/aromatic N) is 1. The molecule has 0 N–H and O–H groups in total. The van der Waals surface area contributed by atoms with Crippen LogP contribution < -0.4 is 0 Å². The summed E-state index contributed by atoms with van der Waals surface area (Å²) < 4.78 is 63.3. The van der Waals surface area contributed by atoms with Gasteiger partial charge in [0.05, 0.1) is 21.4 Å². The fourth-order valence-corrected chi connectivity index (χ4v) is 9.75. The van der Waals surface area contributed by atoms with E-state index >= 15 is 0 Å². The Morgan fingerprint density at radius 2 is 1.48 bits per heavy atom. The minimum Gasteiger partial charge on any atom is -0.261 e. The molecule has 2 aliphatic rings. The van der Waals surface area contributed by atoms with Crippen molar-refractivity contribution in [1.29, 1.82) is 0 Å². The summed E-state index contributed by atoms with van der Waals surface area (Å²) >= 11 is 0. The third kappa shape index (κ3) is 4.29. The van der Waals surface area contributed by atoms with Gasteiger partial charge in [0, 0.05) is 22.9 Å². The molecule has 0 radical (unpaired) electrons. The third-order valence-electron chi connectivity index (χ3n) is 9.79. The van der Waals surface area contributed by atoms with Crippen molar-refractivity contribution in [2.75, 3.05) is 0 Å². The van der Waals surface area contributed by atoms with Crippen molar-refractivity contribution in [3.8, 4) is 0 Å². The highest BCUT2D eigenvalue weighted by Gasteiger charge is 2.56. The molecule has 0 saturated heterocycles. The number of rotatable bonds is 6. The van der Waals surface area contributed by atoms with Crippen LogP contribution in [0.2, 0.25) is 0 Å². The topological polar surface area (TPSA) is 82.4 Å². The lowest BCUT2D eigenvalue weighted by Gasteiger charge is -2.54. The van der Waals surface area contributed by atoms with E-state index in [1.54, 1.807) is 54.7 Å². The molecule has 220 valence electrons. The van der Waals surface area contributed by atoms with Gasteiger partial charge < -0.3 is 0 Å².